The van der Waals surface area contributed by atoms with Crippen LogP contribution in [0.4, 0.5) is 11.6 Å². The van der Waals surface area contributed by atoms with E-state index in [9.17, 15) is 10.1 Å². The van der Waals surface area contributed by atoms with Gasteiger partial charge in [0.25, 0.3) is 11.6 Å². The quantitative estimate of drug-likeness (QED) is 0.332. The number of nitrogens with one attached hydrogen (secondary N) is 2. The lowest BCUT2D eigenvalue weighted by atomic mass is 10.2. The van der Waals surface area contributed by atoms with E-state index in [0.29, 0.717) is 16.7 Å². The van der Waals surface area contributed by atoms with E-state index >= 15 is 0 Å². The van der Waals surface area contributed by atoms with E-state index in [1.165, 1.54) is 18.3 Å². The minimum Gasteiger partial charge on any atom is -0.338 e. The van der Waals surface area contributed by atoms with Crippen LogP contribution in [0.1, 0.15) is 11.1 Å². The topological polar surface area (TPSA) is 122 Å². The summed E-state index contributed by atoms with van der Waals surface area (Å²) in [7, 11) is 0. The van der Waals surface area contributed by atoms with Crippen LogP contribution in [0.2, 0.25) is 0 Å². The molecule has 9 heteroatoms. The molecular formula is C17H13N7O2. The molecule has 2 aromatic carbocycles. The van der Waals surface area contributed by atoms with Gasteiger partial charge in [-0.15, -0.1) is 10.2 Å². The van der Waals surface area contributed by atoms with Gasteiger partial charge in [0.05, 0.1) is 11.1 Å². The third-order valence-electron chi connectivity index (χ3n) is 3.83. The molecular weight excluding hydrogens is 334 g/mol. The van der Waals surface area contributed by atoms with Gasteiger partial charge in [0.15, 0.2) is 5.65 Å². The van der Waals surface area contributed by atoms with E-state index in [4.69, 9.17) is 0 Å². The van der Waals surface area contributed by atoms with Gasteiger partial charge in [0.2, 0.25) is 0 Å². The molecule has 0 saturated carbocycles. The Balaban J connectivity index is 1.58. The van der Waals surface area contributed by atoms with Gasteiger partial charge in [-0.25, -0.2) is 5.43 Å². The summed E-state index contributed by atoms with van der Waals surface area (Å²) in [6.45, 7) is 2.01. The van der Waals surface area contributed by atoms with E-state index in [2.05, 4.69) is 30.7 Å². The van der Waals surface area contributed by atoms with Crippen LogP contribution in [0, 0.1) is 17.0 Å². The van der Waals surface area contributed by atoms with Crippen LogP contribution in [-0.2, 0) is 0 Å². The Morgan fingerprint density at radius 1 is 1.23 bits per heavy atom. The molecule has 0 fully saturated rings. The SMILES string of the molecule is Cc1ccc2[nH]c3nc(NN=Cc4cccc([N+](=O)[O-])c4)nnc3c2c1. The number of fused-ring (bicyclic) bond motifs is 3. The summed E-state index contributed by atoms with van der Waals surface area (Å²) >= 11 is 0. The summed E-state index contributed by atoms with van der Waals surface area (Å²) in [6, 6.07) is 12.2. The van der Waals surface area contributed by atoms with Crippen molar-refractivity contribution in [3.05, 3.63) is 63.7 Å². The Bertz CT molecular complexity index is 1170. The molecule has 0 radical (unpaired) electrons. The van der Waals surface area contributed by atoms with Crippen molar-refractivity contribution >= 4 is 39.9 Å². The smallest absolute Gasteiger partial charge is 0.270 e. The lowest BCUT2D eigenvalue weighted by molar-refractivity contribution is -0.384. The number of aromatic nitrogens is 4. The molecule has 4 rings (SSSR count). The number of anilines is 1. The van der Waals surface area contributed by atoms with Gasteiger partial charge in [-0.3, -0.25) is 10.1 Å². The summed E-state index contributed by atoms with van der Waals surface area (Å²) in [4.78, 5) is 17.9. The van der Waals surface area contributed by atoms with Gasteiger partial charge in [-0.2, -0.15) is 10.1 Å². The molecule has 2 aromatic heterocycles. The van der Waals surface area contributed by atoms with Gasteiger partial charge in [0.1, 0.15) is 5.52 Å². The van der Waals surface area contributed by atoms with Crippen LogP contribution in [-0.4, -0.2) is 31.3 Å². The van der Waals surface area contributed by atoms with Crippen molar-refractivity contribution in [1.82, 2.24) is 20.2 Å². The largest absolute Gasteiger partial charge is 0.338 e. The van der Waals surface area contributed by atoms with Gasteiger partial charge in [-0.1, -0.05) is 23.8 Å². The second-order valence-corrected chi connectivity index (χ2v) is 5.73. The van der Waals surface area contributed by atoms with Gasteiger partial charge in [-0.05, 0) is 19.1 Å². The zero-order chi connectivity index (χ0) is 18.1. The number of aryl methyl sites for hydroxylation is 1. The highest BCUT2D eigenvalue weighted by Gasteiger charge is 2.09. The van der Waals surface area contributed by atoms with Crippen LogP contribution in [0.15, 0.2) is 47.6 Å². The number of aromatic amines is 1. The van der Waals surface area contributed by atoms with E-state index in [-0.39, 0.29) is 11.6 Å². The standard InChI is InChI=1S/C17H13N7O2/c1-10-5-6-14-13(7-10)15-16(19-14)20-17(23-21-15)22-18-9-11-3-2-4-12(8-11)24(25)26/h2-9H,1H3,(H2,19,20,22,23). The molecule has 26 heavy (non-hydrogen) atoms. The molecule has 2 heterocycles. The molecule has 2 N–H and O–H groups in total. The first-order chi connectivity index (χ1) is 12.6. The van der Waals surface area contributed by atoms with Crippen molar-refractivity contribution in [3.63, 3.8) is 0 Å². The first-order valence-electron chi connectivity index (χ1n) is 7.76. The van der Waals surface area contributed by atoms with Crippen LogP contribution in [0.5, 0.6) is 0 Å². The number of nitro groups is 1. The Morgan fingerprint density at radius 3 is 2.96 bits per heavy atom. The number of nitro benzene ring substituents is 1. The normalized spacial score (nSPS) is 11.4. The molecule has 0 aliphatic carbocycles. The van der Waals surface area contributed by atoms with Crippen molar-refractivity contribution in [1.29, 1.82) is 0 Å². The van der Waals surface area contributed by atoms with E-state index in [1.54, 1.807) is 12.1 Å². The number of benzene rings is 2. The minimum atomic E-state index is -0.455. The molecule has 0 amide bonds. The predicted octanol–water partition coefficient (Wildman–Crippen LogP) is 3.17. The molecule has 9 nitrogen and oxygen atoms in total. The Morgan fingerprint density at radius 2 is 2.12 bits per heavy atom. The molecule has 0 aliphatic heterocycles. The average Bonchev–Trinajstić information content (AvgIpc) is 2.99. The number of non-ortho nitro benzene ring substituents is 1. The summed E-state index contributed by atoms with van der Waals surface area (Å²) in [6.07, 6.45) is 1.45. The number of rotatable bonds is 4. The molecule has 0 unspecified atom stereocenters. The van der Waals surface area contributed by atoms with E-state index in [0.717, 1.165) is 16.5 Å². The number of nitrogens with zero attached hydrogens (tertiary/aromatic N) is 5. The van der Waals surface area contributed by atoms with Gasteiger partial charge in [0, 0.05) is 28.6 Å². The molecule has 4 aromatic rings. The monoisotopic (exact) mass is 347 g/mol. The highest BCUT2D eigenvalue weighted by Crippen LogP contribution is 2.23. The number of hydrogen-bond acceptors (Lipinski definition) is 7. The van der Waals surface area contributed by atoms with Crippen molar-refractivity contribution in [2.45, 2.75) is 6.92 Å². The summed E-state index contributed by atoms with van der Waals surface area (Å²) in [5.74, 6) is 0.224. The summed E-state index contributed by atoms with van der Waals surface area (Å²) < 4.78 is 0. The molecule has 0 aliphatic rings. The second-order valence-electron chi connectivity index (χ2n) is 5.73. The van der Waals surface area contributed by atoms with E-state index < -0.39 is 4.92 Å². The number of hydrogen-bond donors (Lipinski definition) is 2. The molecule has 0 spiro atoms. The average molecular weight is 347 g/mol. The Labute approximate surface area is 146 Å². The summed E-state index contributed by atoms with van der Waals surface area (Å²) in [5.41, 5.74) is 6.63. The maximum Gasteiger partial charge on any atom is 0.270 e. The zero-order valence-corrected chi connectivity index (χ0v) is 13.7. The number of hydrazone groups is 1. The highest BCUT2D eigenvalue weighted by molar-refractivity contribution is 6.03. The van der Waals surface area contributed by atoms with Gasteiger partial charge >= 0.3 is 0 Å². The second kappa shape index (κ2) is 6.20. The van der Waals surface area contributed by atoms with Crippen molar-refractivity contribution in [2.24, 2.45) is 5.10 Å². The minimum absolute atomic E-state index is 0.00153. The van der Waals surface area contributed by atoms with Gasteiger partial charge < -0.3 is 4.98 Å². The molecule has 128 valence electrons. The lowest BCUT2D eigenvalue weighted by Gasteiger charge is -1.97. The fourth-order valence-corrected chi connectivity index (χ4v) is 2.62. The highest BCUT2D eigenvalue weighted by atomic mass is 16.6. The van der Waals surface area contributed by atoms with Crippen molar-refractivity contribution in [2.75, 3.05) is 5.43 Å². The maximum atomic E-state index is 10.8. The van der Waals surface area contributed by atoms with Crippen LogP contribution in [0.3, 0.4) is 0 Å². The lowest BCUT2D eigenvalue weighted by Crippen LogP contribution is -1.99. The first-order valence-corrected chi connectivity index (χ1v) is 7.76. The Kier molecular flexibility index (Phi) is 3.73. The molecule has 0 atom stereocenters. The van der Waals surface area contributed by atoms with E-state index in [1.807, 2.05) is 25.1 Å². The van der Waals surface area contributed by atoms with Crippen molar-refractivity contribution < 1.29 is 4.92 Å². The zero-order valence-electron chi connectivity index (χ0n) is 13.7. The third kappa shape index (κ3) is 2.93. The van der Waals surface area contributed by atoms with Crippen LogP contribution >= 0.6 is 0 Å². The Hall–Kier alpha value is -3.88. The van der Waals surface area contributed by atoms with Crippen LogP contribution in [0.25, 0.3) is 22.1 Å². The molecule has 0 saturated heterocycles. The number of H-pyrrole nitrogens is 1. The fourth-order valence-electron chi connectivity index (χ4n) is 2.62. The third-order valence-corrected chi connectivity index (χ3v) is 3.83. The summed E-state index contributed by atoms with van der Waals surface area (Å²) in [5, 5.41) is 24.0. The van der Waals surface area contributed by atoms with Crippen LogP contribution < -0.4 is 5.43 Å². The predicted molar refractivity (Wildman–Crippen MR) is 98.2 cm³/mol. The fraction of sp³-hybridized carbons (Fsp3) is 0.0588. The maximum absolute atomic E-state index is 10.8. The first kappa shape index (κ1) is 15.6. The molecule has 0 bridgehead atoms. The van der Waals surface area contributed by atoms with Crippen molar-refractivity contribution in [3.8, 4) is 0 Å².